The third kappa shape index (κ3) is 5.37. The Morgan fingerprint density at radius 2 is 2.00 bits per heavy atom. The summed E-state index contributed by atoms with van der Waals surface area (Å²) in [4.78, 5) is 19.2. The average Bonchev–Trinajstić information content (AvgIpc) is 3.27. The van der Waals surface area contributed by atoms with Gasteiger partial charge in [-0.25, -0.2) is 0 Å². The van der Waals surface area contributed by atoms with Crippen LogP contribution >= 0.6 is 11.8 Å². The highest BCUT2D eigenvalue weighted by Gasteiger charge is 2.21. The number of piperidine rings is 1. The molecule has 0 saturated carbocycles. The van der Waals surface area contributed by atoms with E-state index < -0.39 is 0 Å². The van der Waals surface area contributed by atoms with E-state index in [-0.39, 0.29) is 11.9 Å². The first-order valence-corrected chi connectivity index (χ1v) is 12.0. The molecule has 1 fully saturated rings. The van der Waals surface area contributed by atoms with Gasteiger partial charge in [0.25, 0.3) is 0 Å². The van der Waals surface area contributed by atoms with Gasteiger partial charge in [-0.05, 0) is 49.2 Å². The fourth-order valence-corrected chi connectivity index (χ4v) is 4.76. The van der Waals surface area contributed by atoms with Crippen LogP contribution in [0.5, 0.6) is 0 Å². The number of pyridine rings is 1. The van der Waals surface area contributed by atoms with Gasteiger partial charge in [0.15, 0.2) is 11.5 Å². The van der Waals surface area contributed by atoms with Gasteiger partial charge in [-0.15, -0.1) is 10.2 Å². The fourth-order valence-electron chi connectivity index (χ4n) is 4.09. The molecule has 33 heavy (non-hydrogen) atoms. The first-order valence-electron chi connectivity index (χ1n) is 11.1. The molecule has 1 aromatic carbocycles. The summed E-state index contributed by atoms with van der Waals surface area (Å²) < 4.78 is 1.69. The maximum absolute atomic E-state index is 12.6. The van der Waals surface area contributed by atoms with Crippen molar-refractivity contribution in [2.75, 3.05) is 18.8 Å². The van der Waals surface area contributed by atoms with Crippen LogP contribution in [0.25, 0.3) is 17.0 Å². The zero-order chi connectivity index (χ0) is 22.5. The summed E-state index contributed by atoms with van der Waals surface area (Å²) in [6, 6.07) is 18.2. The van der Waals surface area contributed by atoms with E-state index in [0.29, 0.717) is 17.2 Å². The van der Waals surface area contributed by atoms with Crippen molar-refractivity contribution >= 4 is 23.3 Å². The minimum atomic E-state index is 0.0321. The molecule has 0 aliphatic carbocycles. The Morgan fingerprint density at radius 3 is 2.85 bits per heavy atom. The first-order chi connectivity index (χ1) is 16.2. The minimum Gasteiger partial charge on any atom is -0.351 e. The largest absolute Gasteiger partial charge is 0.351 e. The molecule has 9 heteroatoms. The van der Waals surface area contributed by atoms with Crippen molar-refractivity contribution in [3.63, 3.8) is 0 Å². The van der Waals surface area contributed by atoms with Crippen LogP contribution < -0.4 is 5.32 Å². The Morgan fingerprint density at radius 1 is 1.09 bits per heavy atom. The number of carbonyl (C=O) groups is 1. The average molecular weight is 460 g/mol. The van der Waals surface area contributed by atoms with Crippen molar-refractivity contribution in [3.05, 3.63) is 72.6 Å². The molecule has 168 valence electrons. The number of hydrogen-bond donors (Lipinski definition) is 1. The van der Waals surface area contributed by atoms with E-state index in [9.17, 15) is 4.79 Å². The van der Waals surface area contributed by atoms with E-state index in [4.69, 9.17) is 0 Å². The highest BCUT2D eigenvalue weighted by molar-refractivity contribution is 7.99. The molecule has 4 heterocycles. The van der Waals surface area contributed by atoms with Gasteiger partial charge in [0.2, 0.25) is 5.91 Å². The molecule has 0 spiro atoms. The molecule has 4 aromatic rings. The zero-order valence-corrected chi connectivity index (χ0v) is 19.0. The molecule has 1 atom stereocenters. The zero-order valence-electron chi connectivity index (χ0n) is 18.2. The molecule has 5 rings (SSSR count). The number of carbonyl (C=O) groups excluding carboxylic acids is 1. The van der Waals surface area contributed by atoms with E-state index in [1.165, 1.54) is 17.3 Å². The van der Waals surface area contributed by atoms with Gasteiger partial charge in [0.05, 0.1) is 5.75 Å². The predicted octanol–water partition coefficient (Wildman–Crippen LogP) is 3.06. The van der Waals surface area contributed by atoms with Gasteiger partial charge in [-0.3, -0.25) is 14.7 Å². The van der Waals surface area contributed by atoms with Crippen molar-refractivity contribution in [2.24, 2.45) is 0 Å². The van der Waals surface area contributed by atoms with Gasteiger partial charge >= 0.3 is 0 Å². The van der Waals surface area contributed by atoms with Crippen molar-refractivity contribution < 1.29 is 4.79 Å². The number of thioether (sulfide) groups is 1. The Labute approximate surface area is 196 Å². The normalized spacial score (nSPS) is 16.7. The lowest BCUT2D eigenvalue weighted by Crippen LogP contribution is -2.47. The molecule has 8 nitrogen and oxygen atoms in total. The highest BCUT2D eigenvalue weighted by atomic mass is 32.2. The number of hydrogen-bond acceptors (Lipinski definition) is 7. The van der Waals surface area contributed by atoms with Gasteiger partial charge in [-0.1, -0.05) is 42.1 Å². The van der Waals surface area contributed by atoms with Crippen LogP contribution in [0.1, 0.15) is 18.4 Å². The van der Waals surface area contributed by atoms with Crippen LogP contribution in [0.3, 0.4) is 0 Å². The van der Waals surface area contributed by atoms with Gasteiger partial charge in [0.1, 0.15) is 5.03 Å². The number of nitrogens with one attached hydrogen (secondary N) is 1. The van der Waals surface area contributed by atoms with Crippen LogP contribution in [-0.2, 0) is 11.3 Å². The van der Waals surface area contributed by atoms with E-state index in [1.807, 2.05) is 30.3 Å². The van der Waals surface area contributed by atoms with Crippen molar-refractivity contribution in [3.8, 4) is 11.4 Å². The summed E-state index contributed by atoms with van der Waals surface area (Å²) in [6.45, 7) is 2.87. The monoisotopic (exact) mass is 459 g/mol. The Balaban J connectivity index is 1.17. The molecule has 1 amide bonds. The maximum atomic E-state index is 12.6. The number of likely N-dealkylation sites (tertiary alicyclic amines) is 1. The lowest BCUT2D eigenvalue weighted by atomic mass is 10.0. The van der Waals surface area contributed by atoms with Crippen LogP contribution in [0, 0.1) is 0 Å². The third-order valence-corrected chi connectivity index (χ3v) is 6.55. The summed E-state index contributed by atoms with van der Waals surface area (Å²) in [6.07, 6.45) is 5.55. The summed E-state index contributed by atoms with van der Waals surface area (Å²) in [5.41, 5.74) is 2.80. The smallest absolute Gasteiger partial charge is 0.230 e. The molecular weight excluding hydrogens is 434 g/mol. The number of aromatic nitrogens is 5. The van der Waals surface area contributed by atoms with Crippen LogP contribution in [0.2, 0.25) is 0 Å². The maximum Gasteiger partial charge on any atom is 0.230 e. The molecule has 1 N–H and O–H groups in total. The predicted molar refractivity (Wildman–Crippen MR) is 128 cm³/mol. The summed E-state index contributed by atoms with van der Waals surface area (Å²) in [7, 11) is 0. The molecule has 1 saturated heterocycles. The number of fused-ring (bicyclic) bond motifs is 1. The lowest BCUT2D eigenvalue weighted by Gasteiger charge is -2.33. The topological polar surface area (TPSA) is 88.3 Å². The second-order valence-corrected chi connectivity index (χ2v) is 9.12. The molecule has 1 aliphatic heterocycles. The third-order valence-electron chi connectivity index (χ3n) is 5.63. The summed E-state index contributed by atoms with van der Waals surface area (Å²) in [5.74, 6) is 0.980. The molecule has 0 bridgehead atoms. The standard InChI is InChI=1S/C24H25N7OS/c32-22(26-20-9-5-13-30(16-20)15-18-6-2-1-3-7-18)17-33-23-11-10-21-27-28-24(31(21)29-23)19-8-4-12-25-14-19/h1-4,6-8,10-12,14,20H,5,9,13,15-17H2,(H,26,32)/t20-/m1/s1. The van der Waals surface area contributed by atoms with Crippen LogP contribution in [0.15, 0.2) is 72.0 Å². The second-order valence-electron chi connectivity index (χ2n) is 8.12. The van der Waals surface area contributed by atoms with E-state index in [0.717, 1.165) is 43.1 Å². The molecule has 0 unspecified atom stereocenters. The number of rotatable bonds is 7. The molecular formula is C24H25N7OS. The van der Waals surface area contributed by atoms with E-state index in [1.54, 1.807) is 16.9 Å². The number of amides is 1. The Bertz CT molecular complexity index is 1220. The van der Waals surface area contributed by atoms with E-state index in [2.05, 4.69) is 54.8 Å². The van der Waals surface area contributed by atoms with Crippen molar-refractivity contribution in [1.82, 2.24) is 35.0 Å². The number of benzene rings is 1. The second kappa shape index (κ2) is 10.1. The van der Waals surface area contributed by atoms with E-state index >= 15 is 0 Å². The molecule has 3 aromatic heterocycles. The molecule has 0 radical (unpaired) electrons. The van der Waals surface area contributed by atoms with Crippen molar-refractivity contribution in [2.45, 2.75) is 30.5 Å². The first kappa shape index (κ1) is 21.5. The van der Waals surface area contributed by atoms with Crippen LogP contribution in [0.4, 0.5) is 0 Å². The Hall–Kier alpha value is -3.30. The summed E-state index contributed by atoms with van der Waals surface area (Å²) >= 11 is 1.41. The fraction of sp³-hybridized carbons (Fsp3) is 0.292. The van der Waals surface area contributed by atoms with Crippen LogP contribution in [-0.4, -0.2) is 60.5 Å². The quantitative estimate of drug-likeness (QED) is 0.425. The Kier molecular flexibility index (Phi) is 6.59. The molecule has 1 aliphatic rings. The van der Waals surface area contributed by atoms with Gasteiger partial charge < -0.3 is 5.32 Å². The number of nitrogens with zero attached hydrogens (tertiary/aromatic N) is 6. The van der Waals surface area contributed by atoms with Crippen molar-refractivity contribution in [1.29, 1.82) is 0 Å². The summed E-state index contributed by atoms with van der Waals surface area (Å²) in [5, 5.41) is 17.0. The van der Waals surface area contributed by atoms with Gasteiger partial charge in [-0.2, -0.15) is 9.61 Å². The SMILES string of the molecule is O=C(CSc1ccc2nnc(-c3cccnc3)n2n1)N[C@@H]1CCCN(Cc2ccccc2)C1. The van der Waals surface area contributed by atoms with Gasteiger partial charge in [0, 0.05) is 37.1 Å². The lowest BCUT2D eigenvalue weighted by molar-refractivity contribution is -0.119. The minimum absolute atomic E-state index is 0.0321. The highest BCUT2D eigenvalue weighted by Crippen LogP contribution is 2.20.